The van der Waals surface area contributed by atoms with Gasteiger partial charge in [-0.1, -0.05) is 0 Å². The molecule has 0 saturated carbocycles. The molecule has 2 heterocycles. The van der Waals surface area contributed by atoms with E-state index >= 15 is 0 Å². The van der Waals surface area contributed by atoms with Crippen LogP contribution in [0.15, 0.2) is 46.2 Å². The zero-order valence-electron chi connectivity index (χ0n) is 11.5. The van der Waals surface area contributed by atoms with E-state index in [0.29, 0.717) is 24.5 Å². The molecule has 0 bridgehead atoms. The minimum Gasteiger partial charge on any atom is -0.269 e. The summed E-state index contributed by atoms with van der Waals surface area (Å²) in [5.74, 6) is -3.16. The first-order valence-corrected chi connectivity index (χ1v) is 6.05. The third kappa shape index (κ3) is 2.96. The first-order chi connectivity index (χ1) is 11.2. The van der Waals surface area contributed by atoms with E-state index in [1.165, 1.54) is 0 Å². The first kappa shape index (κ1) is 16.4. The molecule has 24 heavy (non-hydrogen) atoms. The Labute approximate surface area is 130 Å². The molecule has 2 rings (SSSR count). The van der Waals surface area contributed by atoms with Crippen LogP contribution in [-0.2, 0) is 0 Å². The maximum Gasteiger partial charge on any atom is 0.324 e. The monoisotopic (exact) mass is 334 g/mol. The topological polar surface area (TPSA) is 164 Å². The molecule has 0 aliphatic rings. The average molecular weight is 334 g/mol. The molecule has 0 aromatic carbocycles. The van der Waals surface area contributed by atoms with Crippen molar-refractivity contribution in [3.8, 4) is 0 Å². The van der Waals surface area contributed by atoms with Crippen molar-refractivity contribution in [2.45, 2.75) is 0 Å². The van der Waals surface area contributed by atoms with Crippen molar-refractivity contribution in [2.75, 3.05) is 0 Å². The molecule has 0 fully saturated rings. The Kier molecular flexibility index (Phi) is 4.13. The second-order valence-corrected chi connectivity index (χ2v) is 4.32. The third-order valence-corrected chi connectivity index (χ3v) is 2.83. The summed E-state index contributed by atoms with van der Waals surface area (Å²) in [6.07, 6.45) is 1.04. The lowest BCUT2D eigenvalue weighted by Crippen LogP contribution is -2.38. The summed E-state index contributed by atoms with van der Waals surface area (Å²) in [7, 11) is 0. The standard InChI is InChI=1S/C12H6N4O8/c17-9-3-1-7(15(21)22)5-13(9)11(19)12(20)14-6-8(16(23)24)2-4-10(14)18/h1-6H. The van der Waals surface area contributed by atoms with E-state index in [4.69, 9.17) is 0 Å². The van der Waals surface area contributed by atoms with E-state index in [1.54, 1.807) is 0 Å². The summed E-state index contributed by atoms with van der Waals surface area (Å²) in [5.41, 5.74) is -3.36. The minimum atomic E-state index is -1.58. The quantitative estimate of drug-likeness (QED) is 0.414. The van der Waals surface area contributed by atoms with Crippen LogP contribution in [0.2, 0.25) is 0 Å². The number of nitro groups is 2. The Balaban J connectivity index is 2.54. The van der Waals surface area contributed by atoms with Gasteiger partial charge in [0, 0.05) is 24.3 Å². The fraction of sp³-hybridized carbons (Fsp3) is 0. The summed E-state index contributed by atoms with van der Waals surface area (Å²) in [5, 5.41) is 21.3. The molecular formula is C12H6N4O8. The van der Waals surface area contributed by atoms with Gasteiger partial charge in [0.25, 0.3) is 22.5 Å². The lowest BCUT2D eigenvalue weighted by Gasteiger charge is -2.05. The van der Waals surface area contributed by atoms with Gasteiger partial charge in [0.2, 0.25) is 0 Å². The van der Waals surface area contributed by atoms with Gasteiger partial charge in [-0.2, -0.15) is 0 Å². The molecule has 0 saturated heterocycles. The van der Waals surface area contributed by atoms with E-state index in [0.717, 1.165) is 12.1 Å². The van der Waals surface area contributed by atoms with Crippen LogP contribution < -0.4 is 11.1 Å². The number of hydrogen-bond acceptors (Lipinski definition) is 8. The molecule has 0 radical (unpaired) electrons. The van der Waals surface area contributed by atoms with E-state index < -0.39 is 44.2 Å². The molecular weight excluding hydrogens is 328 g/mol. The van der Waals surface area contributed by atoms with Crippen LogP contribution in [0.25, 0.3) is 0 Å². The first-order valence-electron chi connectivity index (χ1n) is 6.05. The van der Waals surface area contributed by atoms with E-state index in [1.807, 2.05) is 0 Å². The molecule has 0 spiro atoms. The Morgan fingerprint density at radius 3 is 1.38 bits per heavy atom. The number of carbonyl (C=O) groups is 2. The van der Waals surface area contributed by atoms with Gasteiger partial charge in [0.15, 0.2) is 0 Å². The molecule has 12 heteroatoms. The molecule has 0 aliphatic carbocycles. The SMILES string of the molecule is O=C(C(=O)n1cc([N+](=O)[O-])ccc1=O)n1cc([N+](=O)[O-])ccc1=O. The largest absolute Gasteiger partial charge is 0.324 e. The van der Waals surface area contributed by atoms with Crippen molar-refractivity contribution < 1.29 is 19.4 Å². The van der Waals surface area contributed by atoms with Crippen molar-refractivity contribution >= 4 is 23.2 Å². The highest BCUT2D eigenvalue weighted by Gasteiger charge is 2.24. The number of aromatic nitrogens is 2. The number of hydrogen-bond donors (Lipinski definition) is 0. The van der Waals surface area contributed by atoms with Crippen LogP contribution in [0, 0.1) is 20.2 Å². The number of nitrogens with zero attached hydrogens (tertiary/aromatic N) is 4. The second-order valence-electron chi connectivity index (χ2n) is 4.32. The average Bonchev–Trinajstić information content (AvgIpc) is 2.54. The smallest absolute Gasteiger partial charge is 0.269 e. The van der Waals surface area contributed by atoms with Gasteiger partial charge in [0.1, 0.15) is 0 Å². The van der Waals surface area contributed by atoms with Gasteiger partial charge in [-0.25, -0.2) is 9.13 Å². The van der Waals surface area contributed by atoms with Gasteiger partial charge < -0.3 is 0 Å². The Hall–Kier alpha value is -3.96. The van der Waals surface area contributed by atoms with Crippen LogP contribution in [-0.4, -0.2) is 30.8 Å². The van der Waals surface area contributed by atoms with Crippen molar-refractivity contribution in [1.82, 2.24) is 9.13 Å². The number of carbonyl (C=O) groups excluding carboxylic acids is 2. The fourth-order valence-electron chi connectivity index (χ4n) is 1.69. The lowest BCUT2D eigenvalue weighted by atomic mass is 10.3. The zero-order chi connectivity index (χ0) is 18.0. The van der Waals surface area contributed by atoms with Crippen LogP contribution in [0.1, 0.15) is 9.59 Å². The summed E-state index contributed by atoms with van der Waals surface area (Å²) < 4.78 is 0.289. The van der Waals surface area contributed by atoms with Crippen molar-refractivity contribution in [3.63, 3.8) is 0 Å². The van der Waals surface area contributed by atoms with Gasteiger partial charge >= 0.3 is 11.8 Å². The molecule has 0 N–H and O–H groups in total. The highest BCUT2D eigenvalue weighted by atomic mass is 16.6. The van der Waals surface area contributed by atoms with Gasteiger partial charge in [0.05, 0.1) is 22.2 Å². The number of pyridine rings is 2. The van der Waals surface area contributed by atoms with Gasteiger partial charge in [-0.05, 0) is 0 Å². The Morgan fingerprint density at radius 1 is 0.750 bits per heavy atom. The zero-order valence-corrected chi connectivity index (χ0v) is 11.5. The molecule has 0 atom stereocenters. The minimum absolute atomic E-state index is 0.145. The van der Waals surface area contributed by atoms with Crippen molar-refractivity contribution in [1.29, 1.82) is 0 Å². The molecule has 0 amide bonds. The Bertz CT molecular complexity index is 921. The summed E-state index contributed by atoms with van der Waals surface area (Å²) in [4.78, 5) is 66.8. The maximum absolute atomic E-state index is 12.0. The highest BCUT2D eigenvalue weighted by molar-refractivity contribution is 6.36. The normalized spacial score (nSPS) is 10.2. The number of rotatable bonds is 2. The van der Waals surface area contributed by atoms with Crippen LogP contribution in [0.3, 0.4) is 0 Å². The molecule has 0 unspecified atom stereocenters. The van der Waals surface area contributed by atoms with Crippen molar-refractivity contribution in [2.24, 2.45) is 0 Å². The van der Waals surface area contributed by atoms with E-state index in [9.17, 15) is 39.4 Å². The Morgan fingerprint density at radius 2 is 1.08 bits per heavy atom. The summed E-state index contributed by atoms with van der Waals surface area (Å²) in [6, 6.07) is 3.05. The van der Waals surface area contributed by atoms with Crippen molar-refractivity contribution in [3.05, 3.63) is 77.6 Å². The van der Waals surface area contributed by atoms with E-state index in [-0.39, 0.29) is 9.13 Å². The summed E-state index contributed by atoms with van der Waals surface area (Å²) in [6.45, 7) is 0. The third-order valence-electron chi connectivity index (χ3n) is 2.83. The van der Waals surface area contributed by atoms with Crippen LogP contribution in [0.5, 0.6) is 0 Å². The van der Waals surface area contributed by atoms with Gasteiger partial charge in [-0.15, -0.1) is 0 Å². The highest BCUT2D eigenvalue weighted by Crippen LogP contribution is 2.08. The lowest BCUT2D eigenvalue weighted by molar-refractivity contribution is -0.385. The van der Waals surface area contributed by atoms with Crippen LogP contribution in [0.4, 0.5) is 11.4 Å². The van der Waals surface area contributed by atoms with E-state index in [2.05, 4.69) is 0 Å². The predicted octanol–water partition coefficient (Wildman–Crippen LogP) is -0.193. The molecule has 2 aromatic heterocycles. The molecule has 0 aliphatic heterocycles. The van der Waals surface area contributed by atoms with Crippen LogP contribution >= 0.6 is 0 Å². The van der Waals surface area contributed by atoms with Gasteiger partial charge in [-0.3, -0.25) is 39.4 Å². The predicted molar refractivity (Wildman–Crippen MR) is 76.0 cm³/mol. The molecule has 122 valence electrons. The fourth-order valence-corrected chi connectivity index (χ4v) is 1.69. The second kappa shape index (κ2) is 6.04. The summed E-state index contributed by atoms with van der Waals surface area (Å²) >= 11 is 0. The molecule has 2 aromatic rings. The maximum atomic E-state index is 12.0. The molecule has 12 nitrogen and oxygen atoms in total.